The van der Waals surface area contributed by atoms with E-state index in [1.165, 1.54) is 0 Å². The fourth-order valence-electron chi connectivity index (χ4n) is 1.92. The highest BCUT2D eigenvalue weighted by molar-refractivity contribution is 5.78. The molecule has 1 aliphatic heterocycles. The zero-order chi connectivity index (χ0) is 12.8. The summed E-state index contributed by atoms with van der Waals surface area (Å²) in [4.78, 5) is 24.8. The predicted molar refractivity (Wildman–Crippen MR) is 64.5 cm³/mol. The fourth-order valence-corrected chi connectivity index (χ4v) is 1.92. The van der Waals surface area contributed by atoms with Crippen molar-refractivity contribution in [3.8, 4) is 0 Å². The zero-order valence-electron chi connectivity index (χ0n) is 10.9. The Morgan fingerprint density at radius 3 is 2.76 bits per heavy atom. The molecular weight excluding hydrogens is 220 g/mol. The number of nitrogens with zero attached hydrogens (tertiary/aromatic N) is 1. The van der Waals surface area contributed by atoms with Crippen LogP contribution in [0.15, 0.2) is 0 Å². The van der Waals surface area contributed by atoms with Crippen LogP contribution >= 0.6 is 0 Å². The van der Waals surface area contributed by atoms with Crippen molar-refractivity contribution in [1.82, 2.24) is 10.2 Å². The summed E-state index contributed by atoms with van der Waals surface area (Å²) in [6, 6.07) is 0. The molecule has 1 fully saturated rings. The van der Waals surface area contributed by atoms with Crippen LogP contribution < -0.4 is 5.32 Å². The smallest absolute Gasteiger partial charge is 0.248 e. The van der Waals surface area contributed by atoms with Crippen molar-refractivity contribution in [3.63, 3.8) is 0 Å². The van der Waals surface area contributed by atoms with Gasteiger partial charge in [0, 0.05) is 26.6 Å². The Morgan fingerprint density at radius 2 is 2.18 bits per heavy atom. The van der Waals surface area contributed by atoms with Crippen LogP contribution in [0.2, 0.25) is 0 Å². The van der Waals surface area contributed by atoms with Gasteiger partial charge in [-0.25, -0.2) is 0 Å². The lowest BCUT2D eigenvalue weighted by atomic mass is 10.1. The van der Waals surface area contributed by atoms with E-state index in [-0.39, 0.29) is 30.4 Å². The van der Waals surface area contributed by atoms with Crippen molar-refractivity contribution in [2.24, 2.45) is 5.92 Å². The third kappa shape index (κ3) is 4.73. The lowest BCUT2D eigenvalue weighted by Gasteiger charge is -2.17. The molecule has 0 saturated carbocycles. The van der Waals surface area contributed by atoms with Gasteiger partial charge in [0.15, 0.2) is 0 Å². The average molecular weight is 242 g/mol. The zero-order valence-corrected chi connectivity index (χ0v) is 10.9. The lowest BCUT2D eigenvalue weighted by Crippen LogP contribution is -2.33. The van der Waals surface area contributed by atoms with E-state index < -0.39 is 0 Å². The van der Waals surface area contributed by atoms with Crippen molar-refractivity contribution >= 4 is 11.8 Å². The average Bonchev–Trinajstić information content (AvgIpc) is 2.74. The summed E-state index contributed by atoms with van der Waals surface area (Å²) in [5, 5.41) is 2.61. The number of nitrogens with one attached hydrogen (secondary N) is 1. The summed E-state index contributed by atoms with van der Waals surface area (Å²) in [5.74, 6) is 0.360. The lowest BCUT2D eigenvalue weighted by molar-refractivity contribution is -0.136. The molecule has 98 valence electrons. The van der Waals surface area contributed by atoms with E-state index in [0.29, 0.717) is 13.0 Å². The van der Waals surface area contributed by atoms with Gasteiger partial charge in [0.25, 0.3) is 0 Å². The number of hydrogen-bond acceptors (Lipinski definition) is 3. The van der Waals surface area contributed by atoms with E-state index in [1.807, 2.05) is 13.8 Å². The Morgan fingerprint density at radius 1 is 1.47 bits per heavy atom. The number of ether oxygens (including phenoxy) is 1. The number of hydrogen-bond donors (Lipinski definition) is 1. The standard InChI is InChI=1S/C12H22N2O3/c1-9(2)17-8-12(16)14-5-4-10(7-14)6-11(15)13-3/h9-10H,4-8H2,1-3H3,(H,13,15). The summed E-state index contributed by atoms with van der Waals surface area (Å²) in [7, 11) is 1.64. The molecule has 1 unspecified atom stereocenters. The Kier molecular flexibility index (Phi) is 5.41. The minimum Gasteiger partial charge on any atom is -0.369 e. The number of rotatable bonds is 5. The van der Waals surface area contributed by atoms with Crippen molar-refractivity contribution in [3.05, 3.63) is 0 Å². The van der Waals surface area contributed by atoms with Crippen molar-refractivity contribution in [1.29, 1.82) is 0 Å². The van der Waals surface area contributed by atoms with Gasteiger partial charge >= 0.3 is 0 Å². The SMILES string of the molecule is CNC(=O)CC1CCN(C(=O)COC(C)C)C1. The second-order valence-electron chi connectivity index (χ2n) is 4.73. The number of likely N-dealkylation sites (tertiary alicyclic amines) is 1. The first-order valence-corrected chi connectivity index (χ1v) is 6.13. The normalized spacial score (nSPS) is 19.8. The molecule has 0 aromatic rings. The fraction of sp³-hybridized carbons (Fsp3) is 0.833. The molecule has 0 aliphatic carbocycles. The van der Waals surface area contributed by atoms with Crippen molar-refractivity contribution in [2.45, 2.75) is 32.8 Å². The van der Waals surface area contributed by atoms with E-state index in [9.17, 15) is 9.59 Å². The molecule has 5 heteroatoms. The molecule has 1 heterocycles. The largest absolute Gasteiger partial charge is 0.369 e. The first-order chi connectivity index (χ1) is 8.02. The summed E-state index contributed by atoms with van der Waals surface area (Å²) < 4.78 is 5.28. The van der Waals surface area contributed by atoms with Gasteiger partial charge < -0.3 is 15.0 Å². The molecule has 1 rings (SSSR count). The molecule has 17 heavy (non-hydrogen) atoms. The Balaban J connectivity index is 2.29. The van der Waals surface area contributed by atoms with E-state index in [0.717, 1.165) is 13.0 Å². The number of amides is 2. The monoisotopic (exact) mass is 242 g/mol. The molecule has 5 nitrogen and oxygen atoms in total. The predicted octanol–water partition coefficient (Wildman–Crippen LogP) is 0.396. The van der Waals surface area contributed by atoms with Crippen molar-refractivity contribution < 1.29 is 14.3 Å². The maximum absolute atomic E-state index is 11.8. The van der Waals surface area contributed by atoms with Crippen molar-refractivity contribution in [2.75, 3.05) is 26.7 Å². The van der Waals surface area contributed by atoms with E-state index in [1.54, 1.807) is 11.9 Å². The summed E-state index contributed by atoms with van der Waals surface area (Å²) in [5.41, 5.74) is 0. The first kappa shape index (κ1) is 14.0. The van der Waals surface area contributed by atoms with Gasteiger partial charge in [0.2, 0.25) is 11.8 Å². The summed E-state index contributed by atoms with van der Waals surface area (Å²) >= 11 is 0. The van der Waals surface area contributed by atoms with Gasteiger partial charge in [-0.2, -0.15) is 0 Å². The van der Waals surface area contributed by atoms with Crippen LogP contribution in [0, 0.1) is 5.92 Å². The minimum atomic E-state index is 0.0260. The van der Waals surface area contributed by atoms with E-state index in [4.69, 9.17) is 4.74 Å². The maximum atomic E-state index is 11.8. The molecular formula is C12H22N2O3. The Hall–Kier alpha value is -1.10. The highest BCUT2D eigenvalue weighted by Crippen LogP contribution is 2.19. The molecule has 0 aromatic carbocycles. The quantitative estimate of drug-likeness (QED) is 0.759. The van der Waals surface area contributed by atoms with Gasteiger partial charge in [-0.1, -0.05) is 0 Å². The third-order valence-corrected chi connectivity index (χ3v) is 2.93. The van der Waals surface area contributed by atoms with Crippen LogP contribution in [0.25, 0.3) is 0 Å². The van der Waals surface area contributed by atoms with Gasteiger partial charge in [-0.15, -0.1) is 0 Å². The van der Waals surface area contributed by atoms with Crippen LogP contribution in [0.4, 0.5) is 0 Å². The Bertz CT molecular complexity index is 279. The van der Waals surface area contributed by atoms with Gasteiger partial charge in [-0.05, 0) is 26.2 Å². The molecule has 1 N–H and O–H groups in total. The molecule has 1 saturated heterocycles. The molecule has 1 aliphatic rings. The molecule has 0 bridgehead atoms. The van der Waals surface area contributed by atoms with Crippen LogP contribution in [-0.2, 0) is 14.3 Å². The highest BCUT2D eigenvalue weighted by Gasteiger charge is 2.27. The summed E-state index contributed by atoms with van der Waals surface area (Å²) in [6.07, 6.45) is 1.48. The highest BCUT2D eigenvalue weighted by atomic mass is 16.5. The first-order valence-electron chi connectivity index (χ1n) is 6.13. The van der Waals surface area contributed by atoms with Gasteiger partial charge in [0.05, 0.1) is 6.10 Å². The Labute approximate surface area is 102 Å². The van der Waals surface area contributed by atoms with Crippen LogP contribution in [0.3, 0.4) is 0 Å². The van der Waals surface area contributed by atoms with Gasteiger partial charge in [-0.3, -0.25) is 9.59 Å². The van der Waals surface area contributed by atoms with Crippen LogP contribution in [0.1, 0.15) is 26.7 Å². The molecule has 2 amide bonds. The van der Waals surface area contributed by atoms with E-state index >= 15 is 0 Å². The number of carbonyl (C=O) groups excluding carboxylic acids is 2. The van der Waals surface area contributed by atoms with E-state index in [2.05, 4.69) is 5.32 Å². The van der Waals surface area contributed by atoms with Crippen LogP contribution in [0.5, 0.6) is 0 Å². The van der Waals surface area contributed by atoms with Crippen LogP contribution in [-0.4, -0.2) is 49.6 Å². The second-order valence-corrected chi connectivity index (χ2v) is 4.73. The molecule has 0 spiro atoms. The third-order valence-electron chi connectivity index (χ3n) is 2.93. The minimum absolute atomic E-state index is 0.0260. The molecule has 1 atom stereocenters. The number of carbonyl (C=O) groups is 2. The second kappa shape index (κ2) is 6.59. The topological polar surface area (TPSA) is 58.6 Å². The molecule has 0 radical (unpaired) electrons. The molecule has 0 aromatic heterocycles. The summed E-state index contributed by atoms with van der Waals surface area (Å²) in [6.45, 7) is 5.37. The maximum Gasteiger partial charge on any atom is 0.248 e. The van der Waals surface area contributed by atoms with Gasteiger partial charge in [0.1, 0.15) is 6.61 Å².